The molecule has 0 atom stereocenters. The molecule has 0 aliphatic rings. The molecule has 6 nitrogen and oxygen atoms in total. The highest BCUT2D eigenvalue weighted by atomic mass is 32.2. The minimum absolute atomic E-state index is 0.151. The zero-order valence-corrected chi connectivity index (χ0v) is 15.4. The Hall–Kier alpha value is -2.19. The van der Waals surface area contributed by atoms with Gasteiger partial charge in [0, 0.05) is 16.7 Å². The molecular formula is C17H19N3O3S2. The van der Waals surface area contributed by atoms with Crippen molar-refractivity contribution in [3.63, 3.8) is 0 Å². The molecular weight excluding hydrogens is 358 g/mol. The van der Waals surface area contributed by atoms with Crippen molar-refractivity contribution in [2.75, 3.05) is 27.9 Å². The van der Waals surface area contributed by atoms with E-state index < -0.39 is 0 Å². The van der Waals surface area contributed by atoms with E-state index in [4.69, 9.17) is 4.52 Å². The first-order chi connectivity index (χ1) is 12.1. The molecule has 2 N–H and O–H groups in total. The first-order valence-electron chi connectivity index (χ1n) is 7.52. The number of aromatic nitrogens is 1. The number of nitrogens with one attached hydrogen (secondary N) is 2. The van der Waals surface area contributed by atoms with Gasteiger partial charge in [0.15, 0.2) is 5.82 Å². The summed E-state index contributed by atoms with van der Waals surface area (Å²) in [7, 11) is 0. The molecule has 0 aliphatic heterocycles. The van der Waals surface area contributed by atoms with Gasteiger partial charge in [-0.05, 0) is 19.1 Å². The Labute approximate surface area is 154 Å². The van der Waals surface area contributed by atoms with Crippen LogP contribution in [0.4, 0.5) is 11.5 Å². The Morgan fingerprint density at radius 3 is 2.64 bits per heavy atom. The van der Waals surface area contributed by atoms with Crippen molar-refractivity contribution < 1.29 is 14.1 Å². The molecule has 0 saturated heterocycles. The molecule has 0 unspecified atom stereocenters. The van der Waals surface area contributed by atoms with Gasteiger partial charge in [-0.25, -0.2) is 0 Å². The lowest BCUT2D eigenvalue weighted by Crippen LogP contribution is -2.18. The van der Waals surface area contributed by atoms with Gasteiger partial charge in [-0.2, -0.15) is 0 Å². The van der Waals surface area contributed by atoms with Crippen LogP contribution in [0.2, 0.25) is 0 Å². The van der Waals surface area contributed by atoms with Gasteiger partial charge in [-0.15, -0.1) is 30.1 Å². The molecule has 0 saturated carbocycles. The molecule has 2 rings (SSSR count). The van der Waals surface area contributed by atoms with Gasteiger partial charge in [0.2, 0.25) is 11.8 Å². The molecule has 132 valence electrons. The van der Waals surface area contributed by atoms with Gasteiger partial charge >= 0.3 is 0 Å². The minimum atomic E-state index is -0.229. The lowest BCUT2D eigenvalue weighted by molar-refractivity contribution is -0.114. The van der Waals surface area contributed by atoms with E-state index in [9.17, 15) is 9.59 Å². The summed E-state index contributed by atoms with van der Waals surface area (Å²) < 4.78 is 4.87. The maximum Gasteiger partial charge on any atom is 0.235 e. The molecule has 0 aliphatic carbocycles. The van der Waals surface area contributed by atoms with Crippen LogP contribution in [-0.2, 0) is 9.59 Å². The molecule has 1 aromatic heterocycles. The third kappa shape index (κ3) is 6.67. The van der Waals surface area contributed by atoms with E-state index in [-0.39, 0.29) is 23.3 Å². The van der Waals surface area contributed by atoms with Crippen LogP contribution in [0, 0.1) is 6.92 Å². The van der Waals surface area contributed by atoms with Crippen LogP contribution in [0.1, 0.15) is 5.76 Å². The number of aryl methyl sites for hydroxylation is 1. The van der Waals surface area contributed by atoms with Crippen molar-refractivity contribution in [3.05, 3.63) is 48.7 Å². The smallest absolute Gasteiger partial charge is 0.235 e. The van der Waals surface area contributed by atoms with Crippen LogP contribution < -0.4 is 10.6 Å². The highest BCUT2D eigenvalue weighted by Gasteiger charge is 2.10. The average Bonchev–Trinajstić information content (AvgIpc) is 2.99. The average molecular weight is 377 g/mol. The molecule has 0 spiro atoms. The number of amides is 2. The van der Waals surface area contributed by atoms with Crippen LogP contribution in [-0.4, -0.2) is 34.2 Å². The molecule has 1 aromatic carbocycles. The Bertz CT molecular complexity index is 746. The monoisotopic (exact) mass is 377 g/mol. The quantitative estimate of drug-likeness (QED) is 0.513. The second kappa shape index (κ2) is 9.95. The number of rotatable bonds is 9. The Balaban J connectivity index is 1.75. The van der Waals surface area contributed by atoms with Crippen molar-refractivity contribution in [3.8, 4) is 0 Å². The second-order valence-electron chi connectivity index (χ2n) is 5.01. The highest BCUT2D eigenvalue weighted by Crippen LogP contribution is 2.27. The SMILES string of the molecule is C=CCSc1ccccc1NC(=O)CSCC(=O)Nc1cc(C)on1. The fourth-order valence-corrected chi connectivity index (χ4v) is 3.24. The van der Waals surface area contributed by atoms with Crippen molar-refractivity contribution in [2.24, 2.45) is 0 Å². The summed E-state index contributed by atoms with van der Waals surface area (Å²) in [6, 6.07) is 9.23. The lowest BCUT2D eigenvalue weighted by Gasteiger charge is -2.09. The molecule has 0 radical (unpaired) electrons. The molecule has 25 heavy (non-hydrogen) atoms. The van der Waals surface area contributed by atoms with E-state index in [0.717, 1.165) is 16.3 Å². The number of hydrogen-bond acceptors (Lipinski definition) is 6. The van der Waals surface area contributed by atoms with Gasteiger partial charge in [-0.1, -0.05) is 23.4 Å². The summed E-state index contributed by atoms with van der Waals surface area (Å²) in [6.45, 7) is 5.44. The summed E-state index contributed by atoms with van der Waals surface area (Å²) in [5, 5.41) is 9.17. The minimum Gasteiger partial charge on any atom is -0.360 e. The Kier molecular flexibility index (Phi) is 7.62. The summed E-state index contributed by atoms with van der Waals surface area (Å²) >= 11 is 2.83. The fourth-order valence-electron chi connectivity index (χ4n) is 1.87. The first-order valence-corrected chi connectivity index (χ1v) is 9.66. The van der Waals surface area contributed by atoms with E-state index in [1.165, 1.54) is 11.8 Å². The first kappa shape index (κ1) is 19.1. The standard InChI is InChI=1S/C17H19N3O3S2/c1-3-8-25-14-7-5-4-6-13(14)18-16(21)10-24-11-17(22)19-15-9-12(2)23-20-15/h3-7,9H,1,8,10-11H2,2H3,(H,18,21)(H,19,20,22). The van der Waals surface area contributed by atoms with Crippen LogP contribution in [0.25, 0.3) is 0 Å². The van der Waals surface area contributed by atoms with E-state index >= 15 is 0 Å². The van der Waals surface area contributed by atoms with E-state index in [0.29, 0.717) is 11.6 Å². The molecule has 8 heteroatoms. The maximum atomic E-state index is 12.1. The number of carbonyl (C=O) groups is 2. The van der Waals surface area contributed by atoms with Gasteiger partial charge in [-0.3, -0.25) is 9.59 Å². The molecule has 2 amide bonds. The number of benzene rings is 1. The molecule has 1 heterocycles. The molecule has 2 aromatic rings. The fraction of sp³-hybridized carbons (Fsp3) is 0.235. The summed E-state index contributed by atoms with van der Waals surface area (Å²) in [5.41, 5.74) is 0.766. The third-order valence-electron chi connectivity index (χ3n) is 2.88. The highest BCUT2D eigenvalue weighted by molar-refractivity contribution is 8.00. The predicted octanol–water partition coefficient (Wildman–Crippen LogP) is 3.57. The van der Waals surface area contributed by atoms with Crippen molar-refractivity contribution in [2.45, 2.75) is 11.8 Å². The van der Waals surface area contributed by atoms with Crippen LogP contribution in [0.15, 0.2) is 52.4 Å². The summed E-state index contributed by atoms with van der Waals surface area (Å²) in [4.78, 5) is 24.8. The van der Waals surface area contributed by atoms with E-state index in [2.05, 4.69) is 22.4 Å². The van der Waals surface area contributed by atoms with Gasteiger partial charge in [0.1, 0.15) is 5.76 Å². The zero-order chi connectivity index (χ0) is 18.1. The lowest BCUT2D eigenvalue weighted by atomic mass is 10.3. The number of para-hydroxylation sites is 1. The second-order valence-corrected chi connectivity index (χ2v) is 7.06. The van der Waals surface area contributed by atoms with Crippen molar-refractivity contribution >= 4 is 46.8 Å². The van der Waals surface area contributed by atoms with Crippen LogP contribution in [0.5, 0.6) is 0 Å². The summed E-state index contributed by atoms with van der Waals surface area (Å²) in [5.74, 6) is 1.73. The van der Waals surface area contributed by atoms with Gasteiger partial charge < -0.3 is 15.2 Å². The summed E-state index contributed by atoms with van der Waals surface area (Å²) in [6.07, 6.45) is 1.81. The van der Waals surface area contributed by atoms with E-state index in [1.807, 2.05) is 30.3 Å². The topological polar surface area (TPSA) is 84.2 Å². The molecule has 0 bridgehead atoms. The van der Waals surface area contributed by atoms with Gasteiger partial charge in [0.05, 0.1) is 17.2 Å². The Morgan fingerprint density at radius 2 is 1.96 bits per heavy atom. The number of carbonyl (C=O) groups excluding carboxylic acids is 2. The maximum absolute atomic E-state index is 12.1. The van der Waals surface area contributed by atoms with E-state index in [1.54, 1.807) is 24.8 Å². The third-order valence-corrected chi connectivity index (χ3v) is 4.88. The number of thioether (sulfide) groups is 2. The number of nitrogens with zero attached hydrogens (tertiary/aromatic N) is 1. The van der Waals surface area contributed by atoms with Crippen LogP contribution >= 0.6 is 23.5 Å². The van der Waals surface area contributed by atoms with Crippen molar-refractivity contribution in [1.29, 1.82) is 0 Å². The zero-order valence-electron chi connectivity index (χ0n) is 13.8. The van der Waals surface area contributed by atoms with Gasteiger partial charge in [0.25, 0.3) is 0 Å². The van der Waals surface area contributed by atoms with Crippen LogP contribution in [0.3, 0.4) is 0 Å². The number of hydrogen-bond donors (Lipinski definition) is 2. The molecule has 0 fully saturated rings. The Morgan fingerprint density at radius 1 is 1.24 bits per heavy atom. The predicted molar refractivity (Wildman–Crippen MR) is 103 cm³/mol. The van der Waals surface area contributed by atoms with Crippen molar-refractivity contribution in [1.82, 2.24) is 5.16 Å². The largest absolute Gasteiger partial charge is 0.360 e. The normalized spacial score (nSPS) is 10.3. The number of anilines is 2.